The fourth-order valence-corrected chi connectivity index (χ4v) is 3.02. The highest BCUT2D eigenvalue weighted by atomic mass is 32.2. The second-order valence-electron chi connectivity index (χ2n) is 6.64. The van der Waals surface area contributed by atoms with E-state index in [1.165, 1.54) is 28.6 Å². The molecule has 21 heavy (non-hydrogen) atoms. The Morgan fingerprint density at radius 3 is 2.67 bits per heavy atom. The van der Waals surface area contributed by atoms with Gasteiger partial charge in [-0.3, -0.25) is 0 Å². The van der Waals surface area contributed by atoms with Crippen LogP contribution in [0.5, 0.6) is 0 Å². The Hall–Kier alpha value is -0.930. The largest absolute Gasteiger partial charge is 0.346 e. The van der Waals surface area contributed by atoms with Gasteiger partial charge in [-0.05, 0) is 58.0 Å². The molecule has 116 valence electrons. The number of aromatic nitrogens is 1. The number of benzene rings is 1. The lowest BCUT2D eigenvalue weighted by atomic mass is 10.1. The summed E-state index contributed by atoms with van der Waals surface area (Å²) in [7, 11) is 0. The molecule has 2 nitrogen and oxygen atoms in total. The molecule has 0 amide bonds. The molecule has 0 saturated carbocycles. The maximum absolute atomic E-state index is 3.57. The van der Waals surface area contributed by atoms with E-state index < -0.39 is 0 Å². The van der Waals surface area contributed by atoms with Gasteiger partial charge in [0.15, 0.2) is 0 Å². The molecule has 1 N–H and O–H groups in total. The Balaban J connectivity index is 2.05. The van der Waals surface area contributed by atoms with E-state index in [2.05, 4.69) is 67.4 Å². The molecular formula is C18H28N2S. The molecule has 2 rings (SSSR count). The third-order valence-corrected chi connectivity index (χ3v) is 4.28. The molecule has 3 heteroatoms. The average molecular weight is 305 g/mol. The van der Waals surface area contributed by atoms with Crippen LogP contribution in [0.2, 0.25) is 0 Å². The number of hydrogen-bond donors (Lipinski definition) is 1. The second kappa shape index (κ2) is 7.37. The van der Waals surface area contributed by atoms with E-state index in [1.54, 1.807) is 0 Å². The summed E-state index contributed by atoms with van der Waals surface area (Å²) < 4.78 is 2.42. The average Bonchev–Trinajstić information content (AvgIpc) is 2.79. The minimum atomic E-state index is 0.215. The third kappa shape index (κ3) is 4.79. The number of para-hydroxylation sites is 1. The highest BCUT2D eigenvalue weighted by Gasteiger charge is 2.10. The molecule has 0 aliphatic carbocycles. The summed E-state index contributed by atoms with van der Waals surface area (Å²) in [6, 6.07) is 8.80. The molecule has 0 aliphatic rings. The van der Waals surface area contributed by atoms with Crippen molar-refractivity contribution in [3.8, 4) is 0 Å². The van der Waals surface area contributed by atoms with Crippen molar-refractivity contribution in [2.45, 2.75) is 45.7 Å². The van der Waals surface area contributed by atoms with Gasteiger partial charge in [0.25, 0.3) is 0 Å². The first-order valence-electron chi connectivity index (χ1n) is 7.82. The van der Waals surface area contributed by atoms with Crippen molar-refractivity contribution in [2.24, 2.45) is 0 Å². The maximum Gasteiger partial charge on any atom is 0.0483 e. The molecule has 0 fully saturated rings. The highest BCUT2D eigenvalue weighted by molar-refractivity contribution is 7.98. The van der Waals surface area contributed by atoms with E-state index in [4.69, 9.17) is 0 Å². The van der Waals surface area contributed by atoms with Crippen LogP contribution in [0.25, 0.3) is 10.9 Å². The summed E-state index contributed by atoms with van der Waals surface area (Å²) in [5.74, 6) is 1.17. The monoisotopic (exact) mass is 304 g/mol. The molecule has 1 aromatic heterocycles. The molecule has 2 aromatic rings. The quantitative estimate of drug-likeness (QED) is 0.767. The van der Waals surface area contributed by atoms with Crippen molar-refractivity contribution >= 4 is 22.7 Å². The van der Waals surface area contributed by atoms with Crippen LogP contribution in [0, 0.1) is 0 Å². The maximum atomic E-state index is 3.57. The van der Waals surface area contributed by atoms with Crippen molar-refractivity contribution in [1.82, 2.24) is 9.88 Å². The van der Waals surface area contributed by atoms with Crippen LogP contribution < -0.4 is 5.32 Å². The first-order chi connectivity index (χ1) is 10.0. The highest BCUT2D eigenvalue weighted by Crippen LogP contribution is 2.22. The van der Waals surface area contributed by atoms with Gasteiger partial charge < -0.3 is 9.88 Å². The SMILES string of the molecule is CSCCn1cc(CCCNC(C)(C)C)c2ccccc21. The summed E-state index contributed by atoms with van der Waals surface area (Å²) in [5, 5.41) is 5.00. The van der Waals surface area contributed by atoms with E-state index in [9.17, 15) is 0 Å². The fraction of sp³-hybridized carbons (Fsp3) is 0.556. The van der Waals surface area contributed by atoms with Crippen molar-refractivity contribution in [3.05, 3.63) is 36.0 Å². The van der Waals surface area contributed by atoms with Crippen molar-refractivity contribution < 1.29 is 0 Å². The first-order valence-corrected chi connectivity index (χ1v) is 9.21. The van der Waals surface area contributed by atoms with Gasteiger partial charge >= 0.3 is 0 Å². The smallest absolute Gasteiger partial charge is 0.0483 e. The number of thioether (sulfide) groups is 1. The van der Waals surface area contributed by atoms with E-state index in [0.717, 1.165) is 19.5 Å². The summed E-state index contributed by atoms with van der Waals surface area (Å²) in [5.41, 5.74) is 3.08. The number of aryl methyl sites for hydroxylation is 2. The molecule has 0 radical (unpaired) electrons. The van der Waals surface area contributed by atoms with Crippen LogP contribution >= 0.6 is 11.8 Å². The van der Waals surface area contributed by atoms with E-state index >= 15 is 0 Å². The Labute approximate surface area is 133 Å². The molecular weight excluding hydrogens is 276 g/mol. The second-order valence-corrected chi connectivity index (χ2v) is 7.62. The summed E-state index contributed by atoms with van der Waals surface area (Å²) >= 11 is 1.91. The summed E-state index contributed by atoms with van der Waals surface area (Å²) in [6.45, 7) is 8.85. The molecule has 0 aliphatic heterocycles. The van der Waals surface area contributed by atoms with Gasteiger partial charge in [0.1, 0.15) is 0 Å². The van der Waals surface area contributed by atoms with Gasteiger partial charge in [-0.2, -0.15) is 11.8 Å². The van der Waals surface area contributed by atoms with Crippen molar-refractivity contribution in [3.63, 3.8) is 0 Å². The number of nitrogens with zero attached hydrogens (tertiary/aromatic N) is 1. The van der Waals surface area contributed by atoms with Crippen LogP contribution in [0.15, 0.2) is 30.5 Å². The number of nitrogens with one attached hydrogen (secondary N) is 1. The zero-order valence-electron chi connectivity index (χ0n) is 13.8. The van der Waals surface area contributed by atoms with Crippen LogP contribution in [-0.4, -0.2) is 28.7 Å². The van der Waals surface area contributed by atoms with E-state index in [1.807, 2.05) is 11.8 Å². The van der Waals surface area contributed by atoms with E-state index in [0.29, 0.717) is 0 Å². The number of hydrogen-bond acceptors (Lipinski definition) is 2. The minimum absolute atomic E-state index is 0.215. The van der Waals surface area contributed by atoms with Gasteiger partial charge in [0.05, 0.1) is 0 Å². The Morgan fingerprint density at radius 1 is 1.19 bits per heavy atom. The lowest BCUT2D eigenvalue weighted by molar-refractivity contribution is 0.422. The molecule has 1 aromatic carbocycles. The molecule has 0 bridgehead atoms. The third-order valence-electron chi connectivity index (χ3n) is 3.69. The minimum Gasteiger partial charge on any atom is -0.346 e. The number of rotatable bonds is 7. The van der Waals surface area contributed by atoms with Crippen molar-refractivity contribution in [2.75, 3.05) is 18.6 Å². The Kier molecular flexibility index (Phi) is 5.77. The molecule has 0 unspecified atom stereocenters. The molecule has 0 saturated heterocycles. The normalized spacial score (nSPS) is 12.2. The lowest BCUT2D eigenvalue weighted by Gasteiger charge is -2.20. The Bertz CT molecular complexity index is 566. The fourth-order valence-electron chi connectivity index (χ4n) is 2.64. The van der Waals surface area contributed by atoms with Crippen LogP contribution in [0.1, 0.15) is 32.8 Å². The standard InChI is InChI=1S/C18H28N2S/c1-18(2,3)19-11-7-8-15-14-20(12-13-21-4)17-10-6-5-9-16(15)17/h5-6,9-10,14,19H,7-8,11-13H2,1-4H3. The van der Waals surface area contributed by atoms with Gasteiger partial charge in [0, 0.05) is 34.9 Å². The lowest BCUT2D eigenvalue weighted by Crippen LogP contribution is -2.36. The molecule has 0 atom stereocenters. The first kappa shape index (κ1) is 16.4. The number of fused-ring (bicyclic) bond motifs is 1. The predicted molar refractivity (Wildman–Crippen MR) is 96.4 cm³/mol. The summed E-state index contributed by atoms with van der Waals surface area (Å²) in [6.07, 6.45) is 6.87. The van der Waals surface area contributed by atoms with Crippen LogP contribution in [0.4, 0.5) is 0 Å². The topological polar surface area (TPSA) is 17.0 Å². The Morgan fingerprint density at radius 2 is 1.95 bits per heavy atom. The van der Waals surface area contributed by atoms with Gasteiger partial charge in [-0.25, -0.2) is 0 Å². The zero-order chi connectivity index (χ0) is 15.3. The molecule has 0 spiro atoms. The zero-order valence-corrected chi connectivity index (χ0v) is 14.6. The van der Waals surface area contributed by atoms with Crippen molar-refractivity contribution in [1.29, 1.82) is 0 Å². The predicted octanol–water partition coefficient (Wildman–Crippen LogP) is 4.33. The summed E-state index contributed by atoms with van der Waals surface area (Å²) in [4.78, 5) is 0. The van der Waals surface area contributed by atoms with Gasteiger partial charge in [0.2, 0.25) is 0 Å². The van der Waals surface area contributed by atoms with Crippen LogP contribution in [-0.2, 0) is 13.0 Å². The van der Waals surface area contributed by atoms with Crippen LogP contribution in [0.3, 0.4) is 0 Å². The van der Waals surface area contributed by atoms with E-state index in [-0.39, 0.29) is 5.54 Å². The van der Waals surface area contributed by atoms with Gasteiger partial charge in [-0.15, -0.1) is 0 Å². The van der Waals surface area contributed by atoms with Gasteiger partial charge in [-0.1, -0.05) is 18.2 Å². The molecule has 1 heterocycles.